The largest absolute Gasteiger partial charge is 0.399 e. The first kappa shape index (κ1) is 20.4. The normalized spacial score (nSPS) is 13.4. The Morgan fingerprint density at radius 1 is 0.960 bits per heavy atom. The van der Waals surface area contributed by atoms with Gasteiger partial charge in [0, 0.05) is 11.6 Å². The second-order valence-electron chi connectivity index (χ2n) is 5.23. The van der Waals surface area contributed by atoms with Crippen LogP contribution < -0.4 is 5.73 Å². The summed E-state index contributed by atoms with van der Waals surface area (Å²) in [5.41, 5.74) is 6.63. The average molecular weight is 429 g/mol. The van der Waals surface area contributed by atoms with E-state index in [1.807, 2.05) is 0 Å². The maximum absolute atomic E-state index is 13.5. The third-order valence-corrected chi connectivity index (χ3v) is 5.04. The van der Waals surface area contributed by atoms with E-state index in [1.165, 1.54) is 6.08 Å². The first-order valence-electron chi connectivity index (χ1n) is 7.01. The summed E-state index contributed by atoms with van der Waals surface area (Å²) in [4.78, 5) is 0. The predicted octanol–water partition coefficient (Wildman–Crippen LogP) is 7.12. The number of allylic oxidation sites excluding steroid dienone is 1. The molecule has 134 valence electrons. The van der Waals surface area contributed by atoms with Crippen LogP contribution in [-0.2, 0) is 6.54 Å². The van der Waals surface area contributed by atoms with Crippen molar-refractivity contribution in [3.63, 3.8) is 0 Å². The van der Waals surface area contributed by atoms with Crippen molar-refractivity contribution in [2.24, 2.45) is 5.73 Å². The molecular weight excluding hydrogens is 417 g/mol. The van der Waals surface area contributed by atoms with Crippen molar-refractivity contribution in [3.8, 4) is 0 Å². The van der Waals surface area contributed by atoms with Crippen molar-refractivity contribution in [2.75, 3.05) is 0 Å². The number of halogens is 7. The monoisotopic (exact) mass is 427 g/mol. The van der Waals surface area contributed by atoms with Crippen LogP contribution in [0.1, 0.15) is 22.6 Å². The molecule has 1 atom stereocenters. The van der Waals surface area contributed by atoms with Gasteiger partial charge in [0.2, 0.25) is 0 Å². The Hall–Kier alpha value is -0.910. The molecule has 0 fully saturated rings. The number of hydrogen-bond donors (Lipinski definition) is 1. The number of hydrogen-bond acceptors (Lipinski definition) is 1. The number of benzene rings is 2. The summed E-state index contributed by atoms with van der Waals surface area (Å²) >= 11 is 23.5. The van der Waals surface area contributed by atoms with E-state index in [0.29, 0.717) is 16.1 Å². The maximum Gasteiger partial charge on any atom is 0.399 e. The van der Waals surface area contributed by atoms with Crippen molar-refractivity contribution in [1.29, 1.82) is 0 Å². The molecule has 0 heterocycles. The Kier molecular flexibility index (Phi) is 6.68. The minimum Gasteiger partial charge on any atom is -0.326 e. The summed E-state index contributed by atoms with van der Waals surface area (Å²) < 4.78 is 40.4. The molecule has 2 rings (SSSR count). The van der Waals surface area contributed by atoms with E-state index in [2.05, 4.69) is 0 Å². The van der Waals surface area contributed by atoms with E-state index in [4.69, 9.17) is 52.1 Å². The summed E-state index contributed by atoms with van der Waals surface area (Å²) in [5.74, 6) is -1.90. The molecule has 1 nitrogen and oxygen atoms in total. The topological polar surface area (TPSA) is 26.0 Å². The van der Waals surface area contributed by atoms with E-state index < -0.39 is 12.1 Å². The molecule has 0 aliphatic carbocycles. The third-order valence-electron chi connectivity index (χ3n) is 3.50. The summed E-state index contributed by atoms with van der Waals surface area (Å²) in [6.45, 7) is 0.246. The third kappa shape index (κ3) is 5.05. The Morgan fingerprint density at radius 2 is 1.56 bits per heavy atom. The average Bonchev–Trinajstić information content (AvgIpc) is 2.51. The molecule has 0 aliphatic rings. The zero-order valence-corrected chi connectivity index (χ0v) is 15.6. The van der Waals surface area contributed by atoms with Crippen molar-refractivity contribution in [1.82, 2.24) is 0 Å². The van der Waals surface area contributed by atoms with Crippen molar-refractivity contribution in [3.05, 3.63) is 73.2 Å². The second kappa shape index (κ2) is 8.19. The summed E-state index contributed by atoms with van der Waals surface area (Å²) in [6, 6.07) is 7.17. The Labute approximate surface area is 163 Å². The van der Waals surface area contributed by atoms with Gasteiger partial charge in [0.15, 0.2) is 0 Å². The molecule has 0 saturated heterocycles. The lowest BCUT2D eigenvalue weighted by molar-refractivity contribution is -0.139. The van der Waals surface area contributed by atoms with E-state index in [9.17, 15) is 13.2 Å². The van der Waals surface area contributed by atoms with Gasteiger partial charge in [-0.25, -0.2) is 0 Å². The lowest BCUT2D eigenvalue weighted by atomic mass is 9.97. The molecular formula is C17H12Cl4F3N. The van der Waals surface area contributed by atoms with E-state index in [1.54, 1.807) is 18.2 Å². The van der Waals surface area contributed by atoms with E-state index in [-0.39, 0.29) is 27.2 Å². The number of rotatable bonds is 4. The van der Waals surface area contributed by atoms with Gasteiger partial charge in [-0.15, -0.1) is 0 Å². The van der Waals surface area contributed by atoms with Gasteiger partial charge in [-0.1, -0.05) is 70.7 Å². The van der Waals surface area contributed by atoms with Gasteiger partial charge >= 0.3 is 6.18 Å². The first-order valence-corrected chi connectivity index (χ1v) is 8.52. The molecule has 0 amide bonds. The molecule has 8 heteroatoms. The molecule has 2 aromatic carbocycles. The molecule has 0 saturated carbocycles. The smallest absolute Gasteiger partial charge is 0.326 e. The zero-order valence-electron chi connectivity index (χ0n) is 12.5. The molecule has 2 N–H and O–H groups in total. The Balaban J connectivity index is 2.41. The highest BCUT2D eigenvalue weighted by molar-refractivity contribution is 6.48. The van der Waals surface area contributed by atoms with Gasteiger partial charge in [0.05, 0.1) is 21.0 Å². The van der Waals surface area contributed by atoms with Crippen LogP contribution in [0.4, 0.5) is 13.2 Å². The fourth-order valence-electron chi connectivity index (χ4n) is 2.20. The van der Waals surface area contributed by atoms with Gasteiger partial charge in [0.25, 0.3) is 0 Å². The fourth-order valence-corrected chi connectivity index (χ4v) is 3.08. The van der Waals surface area contributed by atoms with Crippen molar-refractivity contribution in [2.45, 2.75) is 18.6 Å². The van der Waals surface area contributed by atoms with Crippen LogP contribution in [0.2, 0.25) is 20.1 Å². The van der Waals surface area contributed by atoms with E-state index in [0.717, 1.165) is 18.2 Å². The zero-order chi connectivity index (χ0) is 18.8. The number of nitrogens with two attached hydrogens (primary N) is 1. The van der Waals surface area contributed by atoms with Crippen LogP contribution in [0.15, 0.2) is 36.4 Å². The number of alkyl halides is 3. The Bertz CT molecular complexity index is 780. The van der Waals surface area contributed by atoms with E-state index >= 15 is 0 Å². The molecule has 0 aromatic heterocycles. The molecule has 1 unspecified atom stereocenters. The van der Waals surface area contributed by atoms with Crippen LogP contribution in [-0.4, -0.2) is 6.18 Å². The minimum absolute atomic E-state index is 0.0149. The van der Waals surface area contributed by atoms with Gasteiger partial charge in [0.1, 0.15) is 0 Å². The maximum atomic E-state index is 13.5. The van der Waals surface area contributed by atoms with Gasteiger partial charge < -0.3 is 5.73 Å². The lowest BCUT2D eigenvalue weighted by Crippen LogP contribution is -2.19. The highest BCUT2D eigenvalue weighted by Crippen LogP contribution is 2.41. The van der Waals surface area contributed by atoms with Gasteiger partial charge in [-0.2, -0.15) is 13.2 Å². The van der Waals surface area contributed by atoms with Gasteiger partial charge in [-0.3, -0.25) is 0 Å². The van der Waals surface area contributed by atoms with Gasteiger partial charge in [-0.05, 0) is 34.9 Å². The van der Waals surface area contributed by atoms with Crippen molar-refractivity contribution >= 4 is 52.5 Å². The summed E-state index contributed by atoms with van der Waals surface area (Å²) in [6.07, 6.45) is -2.18. The Morgan fingerprint density at radius 3 is 2.04 bits per heavy atom. The van der Waals surface area contributed by atoms with Crippen LogP contribution in [0.25, 0.3) is 6.08 Å². The molecule has 2 aromatic rings. The predicted molar refractivity (Wildman–Crippen MR) is 98.6 cm³/mol. The van der Waals surface area contributed by atoms with Crippen LogP contribution in [0, 0.1) is 0 Å². The standard InChI is InChI=1S/C17H12Cl4F3N/c18-13-5-9(1-3-10(13)8-25)2-4-12(17(22,23)24)11-6-14(19)16(21)15(20)7-11/h1-7,12H,8,25H2/b4-2+. The highest BCUT2D eigenvalue weighted by Gasteiger charge is 2.39. The molecule has 0 spiro atoms. The quantitative estimate of drug-likeness (QED) is 0.515. The highest BCUT2D eigenvalue weighted by atomic mass is 35.5. The van der Waals surface area contributed by atoms with Crippen LogP contribution >= 0.6 is 46.4 Å². The second-order valence-corrected chi connectivity index (χ2v) is 6.83. The summed E-state index contributed by atoms with van der Waals surface area (Å²) in [5, 5.41) is 0.330. The molecule has 0 bridgehead atoms. The summed E-state index contributed by atoms with van der Waals surface area (Å²) in [7, 11) is 0. The molecule has 0 radical (unpaired) electrons. The fraction of sp³-hybridized carbons (Fsp3) is 0.176. The SMILES string of the molecule is NCc1ccc(/C=C/C(c2cc(Cl)c(Cl)c(Cl)c2)C(F)(F)F)cc1Cl. The van der Waals surface area contributed by atoms with Crippen molar-refractivity contribution < 1.29 is 13.2 Å². The molecule has 25 heavy (non-hydrogen) atoms. The van der Waals surface area contributed by atoms with Crippen LogP contribution in [0.5, 0.6) is 0 Å². The van der Waals surface area contributed by atoms with Crippen LogP contribution in [0.3, 0.4) is 0 Å². The first-order chi connectivity index (χ1) is 11.6. The molecule has 0 aliphatic heterocycles. The lowest BCUT2D eigenvalue weighted by Gasteiger charge is -2.18. The minimum atomic E-state index is -4.53.